The van der Waals surface area contributed by atoms with Crippen LogP contribution in [0.1, 0.15) is 5.69 Å². The standard InChI is InChI=1S/C11H9N5O2/c17-14-7-10(16-18)8-4-6-13-11(15-8)9-3-1-2-5-12-9/h1-7,17-18H/b14-7+,16-10+. The lowest BCUT2D eigenvalue weighted by molar-refractivity contribution is 0.316. The average Bonchev–Trinajstić information content (AvgIpc) is 2.46. The molecule has 7 nitrogen and oxygen atoms in total. The van der Waals surface area contributed by atoms with E-state index in [0.717, 1.165) is 6.21 Å². The maximum atomic E-state index is 8.78. The molecule has 0 spiro atoms. The monoisotopic (exact) mass is 243 g/mol. The maximum absolute atomic E-state index is 8.78. The molecule has 0 saturated carbocycles. The third kappa shape index (κ3) is 2.46. The second kappa shape index (κ2) is 5.48. The van der Waals surface area contributed by atoms with Crippen LogP contribution in [-0.4, -0.2) is 37.3 Å². The van der Waals surface area contributed by atoms with Crippen molar-refractivity contribution in [2.24, 2.45) is 10.3 Å². The third-order valence-electron chi connectivity index (χ3n) is 2.10. The predicted molar refractivity (Wildman–Crippen MR) is 63.9 cm³/mol. The molecule has 90 valence electrons. The second-order valence-corrected chi connectivity index (χ2v) is 3.21. The van der Waals surface area contributed by atoms with Crippen molar-refractivity contribution >= 4 is 11.9 Å². The molecule has 0 aliphatic heterocycles. The molecule has 2 N–H and O–H groups in total. The number of hydrogen-bond donors (Lipinski definition) is 2. The van der Waals surface area contributed by atoms with Crippen LogP contribution in [0.5, 0.6) is 0 Å². The largest absolute Gasteiger partial charge is 0.411 e. The molecule has 2 heterocycles. The number of oxime groups is 2. The fraction of sp³-hybridized carbons (Fsp3) is 0. The summed E-state index contributed by atoms with van der Waals surface area (Å²) in [7, 11) is 0. The van der Waals surface area contributed by atoms with E-state index in [9.17, 15) is 0 Å². The quantitative estimate of drug-likeness (QED) is 0.478. The molecule has 0 radical (unpaired) electrons. The van der Waals surface area contributed by atoms with Gasteiger partial charge < -0.3 is 10.4 Å². The number of rotatable bonds is 3. The van der Waals surface area contributed by atoms with Gasteiger partial charge >= 0.3 is 0 Å². The lowest BCUT2D eigenvalue weighted by Crippen LogP contribution is -2.07. The van der Waals surface area contributed by atoms with Gasteiger partial charge in [0.2, 0.25) is 0 Å². The van der Waals surface area contributed by atoms with Crippen LogP contribution in [0, 0.1) is 0 Å². The number of aromatic nitrogens is 3. The molecule has 0 fully saturated rings. The SMILES string of the molecule is O/N=C(\C=N\O)c1ccnc(-c2ccccn2)n1. The van der Waals surface area contributed by atoms with Crippen LogP contribution < -0.4 is 0 Å². The van der Waals surface area contributed by atoms with E-state index in [1.165, 1.54) is 12.3 Å². The zero-order chi connectivity index (χ0) is 12.8. The van der Waals surface area contributed by atoms with Gasteiger partial charge in [-0.3, -0.25) is 4.98 Å². The van der Waals surface area contributed by atoms with Gasteiger partial charge in [-0.15, -0.1) is 0 Å². The fourth-order valence-corrected chi connectivity index (χ4v) is 1.32. The van der Waals surface area contributed by atoms with E-state index in [1.54, 1.807) is 18.3 Å². The van der Waals surface area contributed by atoms with Crippen LogP contribution >= 0.6 is 0 Å². The molecule has 0 unspecified atom stereocenters. The zero-order valence-electron chi connectivity index (χ0n) is 9.17. The summed E-state index contributed by atoms with van der Waals surface area (Å²) in [6.07, 6.45) is 4.11. The Labute approximate surface area is 102 Å². The first kappa shape index (κ1) is 11.6. The highest BCUT2D eigenvalue weighted by molar-refractivity contribution is 6.37. The summed E-state index contributed by atoms with van der Waals surface area (Å²) in [5.74, 6) is 0.389. The van der Waals surface area contributed by atoms with Crippen molar-refractivity contribution in [3.63, 3.8) is 0 Å². The van der Waals surface area contributed by atoms with Gasteiger partial charge in [-0.2, -0.15) is 0 Å². The summed E-state index contributed by atoms with van der Waals surface area (Å²) in [4.78, 5) is 12.3. The number of pyridine rings is 1. The maximum Gasteiger partial charge on any atom is 0.178 e. The van der Waals surface area contributed by atoms with Gasteiger partial charge in [0, 0.05) is 12.4 Å². The summed E-state index contributed by atoms with van der Waals surface area (Å²) in [6.45, 7) is 0. The van der Waals surface area contributed by atoms with Crippen LogP contribution in [0.2, 0.25) is 0 Å². The van der Waals surface area contributed by atoms with E-state index in [0.29, 0.717) is 17.2 Å². The van der Waals surface area contributed by atoms with E-state index in [-0.39, 0.29) is 5.71 Å². The topological polar surface area (TPSA) is 104 Å². The molecule has 0 bridgehead atoms. The fourth-order valence-electron chi connectivity index (χ4n) is 1.32. The highest BCUT2D eigenvalue weighted by Crippen LogP contribution is 2.10. The minimum absolute atomic E-state index is 0.0251. The summed E-state index contributed by atoms with van der Waals surface area (Å²) >= 11 is 0. The molecule has 2 rings (SSSR count). The highest BCUT2D eigenvalue weighted by Gasteiger charge is 2.07. The Morgan fingerprint density at radius 1 is 1.11 bits per heavy atom. The summed E-state index contributed by atoms with van der Waals surface area (Å²) in [6, 6.07) is 6.89. The lowest BCUT2D eigenvalue weighted by atomic mass is 10.2. The molecule has 0 amide bonds. The summed E-state index contributed by atoms with van der Waals surface area (Å²) in [5, 5.41) is 23.0. The van der Waals surface area contributed by atoms with Crippen molar-refractivity contribution < 1.29 is 10.4 Å². The number of hydrogen-bond acceptors (Lipinski definition) is 7. The molecule has 0 aliphatic rings. The molecule has 0 aliphatic carbocycles. The predicted octanol–water partition coefficient (Wildman–Crippen LogP) is 1.18. The van der Waals surface area contributed by atoms with E-state index in [1.807, 2.05) is 6.07 Å². The second-order valence-electron chi connectivity index (χ2n) is 3.21. The molecular weight excluding hydrogens is 234 g/mol. The Morgan fingerprint density at radius 3 is 2.67 bits per heavy atom. The van der Waals surface area contributed by atoms with Crippen LogP contribution in [0.4, 0.5) is 0 Å². The van der Waals surface area contributed by atoms with Crippen molar-refractivity contribution in [2.45, 2.75) is 0 Å². The van der Waals surface area contributed by atoms with Crippen molar-refractivity contribution in [1.82, 2.24) is 15.0 Å². The number of nitrogens with zero attached hydrogens (tertiary/aromatic N) is 5. The average molecular weight is 243 g/mol. The lowest BCUT2D eigenvalue weighted by Gasteiger charge is -2.01. The van der Waals surface area contributed by atoms with Gasteiger partial charge in [-0.1, -0.05) is 16.4 Å². The summed E-state index contributed by atoms with van der Waals surface area (Å²) < 4.78 is 0. The van der Waals surface area contributed by atoms with E-state index in [2.05, 4.69) is 25.3 Å². The molecule has 0 saturated heterocycles. The Balaban J connectivity index is 2.43. The van der Waals surface area contributed by atoms with Gasteiger partial charge in [0.25, 0.3) is 0 Å². The van der Waals surface area contributed by atoms with Crippen molar-refractivity contribution in [2.75, 3.05) is 0 Å². The van der Waals surface area contributed by atoms with Gasteiger partial charge in [0.1, 0.15) is 11.4 Å². The zero-order valence-corrected chi connectivity index (χ0v) is 9.17. The van der Waals surface area contributed by atoms with Crippen molar-refractivity contribution in [3.8, 4) is 11.5 Å². The van der Waals surface area contributed by atoms with Crippen LogP contribution in [0.15, 0.2) is 47.0 Å². The Kier molecular flexibility index (Phi) is 3.55. The van der Waals surface area contributed by atoms with Crippen LogP contribution in [0.25, 0.3) is 11.5 Å². The molecule has 7 heteroatoms. The Morgan fingerprint density at radius 2 is 2.00 bits per heavy atom. The smallest absolute Gasteiger partial charge is 0.178 e. The van der Waals surface area contributed by atoms with Crippen molar-refractivity contribution in [1.29, 1.82) is 0 Å². The minimum atomic E-state index is 0.0251. The molecule has 0 aromatic carbocycles. The first-order valence-electron chi connectivity index (χ1n) is 4.99. The van der Waals surface area contributed by atoms with E-state index < -0.39 is 0 Å². The Bertz CT molecular complexity index is 583. The normalized spacial score (nSPS) is 11.9. The van der Waals surface area contributed by atoms with Gasteiger partial charge in [0.05, 0.1) is 11.9 Å². The molecule has 2 aromatic rings. The van der Waals surface area contributed by atoms with E-state index >= 15 is 0 Å². The molecule has 18 heavy (non-hydrogen) atoms. The summed E-state index contributed by atoms with van der Waals surface area (Å²) in [5.41, 5.74) is 0.945. The highest BCUT2D eigenvalue weighted by atomic mass is 16.4. The van der Waals surface area contributed by atoms with Crippen molar-refractivity contribution in [3.05, 3.63) is 42.4 Å². The molecule has 2 aromatic heterocycles. The van der Waals surface area contributed by atoms with Crippen LogP contribution in [-0.2, 0) is 0 Å². The third-order valence-corrected chi connectivity index (χ3v) is 2.10. The van der Waals surface area contributed by atoms with Gasteiger partial charge in [0.15, 0.2) is 5.82 Å². The first-order chi connectivity index (χ1) is 8.85. The van der Waals surface area contributed by atoms with Gasteiger partial charge in [-0.05, 0) is 18.2 Å². The minimum Gasteiger partial charge on any atom is -0.411 e. The van der Waals surface area contributed by atoms with Crippen LogP contribution in [0.3, 0.4) is 0 Å². The molecule has 0 atom stereocenters. The first-order valence-corrected chi connectivity index (χ1v) is 4.99. The Hall–Kier alpha value is -2.83. The van der Waals surface area contributed by atoms with Gasteiger partial charge in [-0.25, -0.2) is 9.97 Å². The van der Waals surface area contributed by atoms with E-state index in [4.69, 9.17) is 10.4 Å². The molecular formula is C11H9N5O2.